The zero-order valence-electron chi connectivity index (χ0n) is 11.5. The highest BCUT2D eigenvalue weighted by molar-refractivity contribution is 5.55. The third-order valence-corrected chi connectivity index (χ3v) is 3.12. The van der Waals surface area contributed by atoms with Gasteiger partial charge in [0.2, 0.25) is 12.5 Å². The van der Waals surface area contributed by atoms with E-state index in [1.54, 1.807) is 11.8 Å². The van der Waals surface area contributed by atoms with Crippen molar-refractivity contribution in [2.24, 2.45) is 7.05 Å². The topological polar surface area (TPSA) is 57.5 Å². The van der Waals surface area contributed by atoms with E-state index < -0.39 is 0 Å². The number of methoxy groups -OCH3 is 1. The largest absolute Gasteiger partial charge is 0.493 e. The Balaban J connectivity index is 1.65. The molecule has 1 aliphatic rings. The summed E-state index contributed by atoms with van der Waals surface area (Å²) in [6, 6.07) is 5.92. The monoisotopic (exact) mass is 275 g/mol. The quantitative estimate of drug-likeness (QED) is 0.895. The molecule has 1 aromatic carbocycles. The summed E-state index contributed by atoms with van der Waals surface area (Å²) < 4.78 is 17.9. The van der Waals surface area contributed by atoms with Crippen LogP contribution in [0.1, 0.15) is 11.3 Å². The molecule has 0 unspecified atom stereocenters. The fourth-order valence-corrected chi connectivity index (χ4v) is 2.18. The number of nitrogens with one attached hydrogen (secondary N) is 1. The van der Waals surface area contributed by atoms with Crippen molar-refractivity contribution in [1.82, 2.24) is 15.1 Å². The van der Waals surface area contributed by atoms with Crippen molar-refractivity contribution in [2.75, 3.05) is 13.9 Å². The van der Waals surface area contributed by atoms with Crippen LogP contribution in [0.15, 0.2) is 24.4 Å². The fourth-order valence-electron chi connectivity index (χ4n) is 2.18. The van der Waals surface area contributed by atoms with Crippen LogP contribution in [0.4, 0.5) is 0 Å². The van der Waals surface area contributed by atoms with Gasteiger partial charge in [-0.3, -0.25) is 4.68 Å². The third-order valence-electron chi connectivity index (χ3n) is 3.12. The molecular formula is C14H17N3O3. The van der Waals surface area contributed by atoms with Crippen LogP contribution in [0.25, 0.3) is 0 Å². The number of aromatic nitrogens is 2. The summed E-state index contributed by atoms with van der Waals surface area (Å²) >= 11 is 0. The van der Waals surface area contributed by atoms with Crippen molar-refractivity contribution in [1.29, 1.82) is 0 Å². The number of benzene rings is 1. The first-order valence-corrected chi connectivity index (χ1v) is 6.42. The highest BCUT2D eigenvalue weighted by atomic mass is 16.7. The molecule has 3 rings (SSSR count). The van der Waals surface area contributed by atoms with Crippen molar-refractivity contribution < 1.29 is 14.2 Å². The van der Waals surface area contributed by atoms with E-state index in [0.29, 0.717) is 18.0 Å². The Morgan fingerprint density at radius 3 is 3.00 bits per heavy atom. The summed E-state index contributed by atoms with van der Waals surface area (Å²) in [6.07, 6.45) is 1.93. The van der Waals surface area contributed by atoms with E-state index in [9.17, 15) is 0 Å². The van der Waals surface area contributed by atoms with E-state index in [-0.39, 0.29) is 6.79 Å². The molecule has 1 aliphatic heterocycles. The Hall–Kier alpha value is -2.21. The maximum atomic E-state index is 5.40. The van der Waals surface area contributed by atoms with Crippen molar-refractivity contribution in [2.45, 2.75) is 13.1 Å². The van der Waals surface area contributed by atoms with Crippen LogP contribution in [-0.4, -0.2) is 23.7 Å². The molecule has 0 saturated carbocycles. The molecular weight excluding hydrogens is 258 g/mol. The van der Waals surface area contributed by atoms with Gasteiger partial charge in [-0.2, -0.15) is 5.10 Å². The highest BCUT2D eigenvalue weighted by Gasteiger charge is 2.19. The molecule has 6 nitrogen and oxygen atoms in total. The molecule has 106 valence electrons. The van der Waals surface area contributed by atoms with Crippen LogP contribution >= 0.6 is 0 Å². The van der Waals surface area contributed by atoms with Crippen LogP contribution in [0.2, 0.25) is 0 Å². The molecule has 0 saturated heterocycles. The fraction of sp³-hybridized carbons (Fsp3) is 0.357. The van der Waals surface area contributed by atoms with Crippen LogP contribution in [0.5, 0.6) is 17.2 Å². The van der Waals surface area contributed by atoms with Crippen LogP contribution in [0, 0.1) is 0 Å². The van der Waals surface area contributed by atoms with E-state index in [2.05, 4.69) is 10.4 Å². The minimum Gasteiger partial charge on any atom is -0.493 e. The molecule has 0 atom stereocenters. The molecule has 0 fully saturated rings. The van der Waals surface area contributed by atoms with Gasteiger partial charge in [-0.1, -0.05) is 0 Å². The molecule has 0 spiro atoms. The van der Waals surface area contributed by atoms with E-state index >= 15 is 0 Å². The summed E-state index contributed by atoms with van der Waals surface area (Å²) in [5.74, 6) is 2.12. The van der Waals surface area contributed by atoms with E-state index in [4.69, 9.17) is 14.2 Å². The maximum absolute atomic E-state index is 5.40. The first kappa shape index (κ1) is 12.8. The second-order valence-corrected chi connectivity index (χ2v) is 4.62. The summed E-state index contributed by atoms with van der Waals surface area (Å²) in [5, 5.41) is 7.66. The molecule has 1 aromatic heterocycles. The Morgan fingerprint density at radius 1 is 1.35 bits per heavy atom. The molecule has 6 heteroatoms. The van der Waals surface area contributed by atoms with Gasteiger partial charge >= 0.3 is 0 Å². The number of aryl methyl sites for hydroxylation is 1. The van der Waals surface area contributed by atoms with Crippen molar-refractivity contribution in [3.8, 4) is 17.2 Å². The highest BCUT2D eigenvalue weighted by Crippen LogP contribution is 2.41. The number of ether oxygens (including phenoxy) is 3. The van der Waals surface area contributed by atoms with Gasteiger partial charge in [0.1, 0.15) is 0 Å². The van der Waals surface area contributed by atoms with Crippen LogP contribution in [-0.2, 0) is 20.1 Å². The van der Waals surface area contributed by atoms with Gasteiger partial charge in [0.25, 0.3) is 0 Å². The smallest absolute Gasteiger partial charge is 0.231 e. The Bertz CT molecular complexity index is 610. The van der Waals surface area contributed by atoms with Crippen LogP contribution < -0.4 is 19.5 Å². The van der Waals surface area contributed by atoms with Gasteiger partial charge < -0.3 is 19.5 Å². The summed E-state index contributed by atoms with van der Waals surface area (Å²) in [7, 11) is 3.54. The average Bonchev–Trinajstić information content (AvgIpc) is 3.06. The third kappa shape index (κ3) is 2.55. The molecule has 0 amide bonds. The van der Waals surface area contributed by atoms with Crippen molar-refractivity contribution in [3.05, 3.63) is 35.7 Å². The van der Waals surface area contributed by atoms with Crippen LogP contribution in [0.3, 0.4) is 0 Å². The van der Waals surface area contributed by atoms with Gasteiger partial charge in [0.05, 0.1) is 12.8 Å². The molecule has 0 bridgehead atoms. The Labute approximate surface area is 117 Å². The predicted molar refractivity (Wildman–Crippen MR) is 72.9 cm³/mol. The zero-order valence-corrected chi connectivity index (χ0v) is 11.5. The normalized spacial score (nSPS) is 12.7. The molecule has 20 heavy (non-hydrogen) atoms. The average molecular weight is 275 g/mol. The molecule has 0 aliphatic carbocycles. The summed E-state index contributed by atoms with van der Waals surface area (Å²) in [5.41, 5.74) is 2.10. The van der Waals surface area contributed by atoms with E-state index in [1.807, 2.05) is 31.4 Å². The lowest BCUT2D eigenvalue weighted by Gasteiger charge is -2.08. The zero-order chi connectivity index (χ0) is 13.9. The minimum absolute atomic E-state index is 0.247. The molecule has 2 aromatic rings. The second-order valence-electron chi connectivity index (χ2n) is 4.62. The van der Waals surface area contributed by atoms with Gasteiger partial charge in [-0.25, -0.2) is 0 Å². The molecule has 1 N–H and O–H groups in total. The number of rotatable bonds is 5. The van der Waals surface area contributed by atoms with Gasteiger partial charge in [0, 0.05) is 26.3 Å². The van der Waals surface area contributed by atoms with Gasteiger partial charge in [-0.15, -0.1) is 0 Å². The Morgan fingerprint density at radius 2 is 2.25 bits per heavy atom. The number of nitrogens with zero attached hydrogens (tertiary/aromatic N) is 2. The minimum atomic E-state index is 0.247. The van der Waals surface area contributed by atoms with E-state index in [1.165, 1.54) is 0 Å². The standard InChI is InChI=1S/C14H17N3O3/c1-17-4-3-11(16-17)8-15-7-10-5-12(18-2)14-13(6-10)19-9-20-14/h3-6,15H,7-9H2,1-2H3. The van der Waals surface area contributed by atoms with Crippen molar-refractivity contribution >= 4 is 0 Å². The Kier molecular flexibility index (Phi) is 3.47. The lowest BCUT2D eigenvalue weighted by atomic mass is 10.2. The maximum Gasteiger partial charge on any atom is 0.231 e. The van der Waals surface area contributed by atoms with E-state index in [0.717, 1.165) is 23.6 Å². The molecule has 0 radical (unpaired) electrons. The lowest BCUT2D eigenvalue weighted by molar-refractivity contribution is 0.171. The summed E-state index contributed by atoms with van der Waals surface area (Å²) in [6.45, 7) is 1.68. The van der Waals surface area contributed by atoms with Gasteiger partial charge in [0.15, 0.2) is 11.5 Å². The summed E-state index contributed by atoms with van der Waals surface area (Å²) in [4.78, 5) is 0. The van der Waals surface area contributed by atoms with Gasteiger partial charge in [-0.05, 0) is 23.8 Å². The number of fused-ring (bicyclic) bond motifs is 1. The van der Waals surface area contributed by atoms with Crippen molar-refractivity contribution in [3.63, 3.8) is 0 Å². The number of hydrogen-bond donors (Lipinski definition) is 1. The lowest BCUT2D eigenvalue weighted by Crippen LogP contribution is -2.13. The first-order chi connectivity index (χ1) is 9.76. The SMILES string of the molecule is COc1cc(CNCc2ccn(C)n2)cc2c1OCO2. The number of hydrogen-bond acceptors (Lipinski definition) is 5. The first-order valence-electron chi connectivity index (χ1n) is 6.42. The second kappa shape index (κ2) is 5.42. The predicted octanol–water partition coefficient (Wildman–Crippen LogP) is 1.45. The molecule has 2 heterocycles.